The molecule has 1 amide bonds. The minimum Gasteiger partial charge on any atom is -0.342 e. The van der Waals surface area contributed by atoms with E-state index in [0.29, 0.717) is 24.4 Å². The molecular formula is C24H28N8OS. The van der Waals surface area contributed by atoms with Crippen LogP contribution in [-0.4, -0.2) is 53.9 Å². The average molecular weight is 477 g/mol. The van der Waals surface area contributed by atoms with Crippen LogP contribution in [0, 0.1) is 6.92 Å². The van der Waals surface area contributed by atoms with Gasteiger partial charge in [-0.05, 0) is 45.1 Å². The summed E-state index contributed by atoms with van der Waals surface area (Å²) in [4.78, 5) is 35.1. The minimum absolute atomic E-state index is 0.153. The summed E-state index contributed by atoms with van der Waals surface area (Å²) in [6.07, 6.45) is 7.14. The molecule has 176 valence electrons. The van der Waals surface area contributed by atoms with Gasteiger partial charge in [-0.2, -0.15) is 0 Å². The van der Waals surface area contributed by atoms with E-state index in [1.807, 2.05) is 6.92 Å². The largest absolute Gasteiger partial charge is 0.342 e. The zero-order valence-electron chi connectivity index (χ0n) is 19.4. The highest BCUT2D eigenvalue weighted by Gasteiger charge is 2.43. The number of nitrogens with zero attached hydrogens (tertiary/aromatic N) is 5. The van der Waals surface area contributed by atoms with Crippen LogP contribution in [-0.2, 0) is 19.5 Å². The van der Waals surface area contributed by atoms with Crippen LogP contribution >= 0.6 is 11.3 Å². The molecule has 7 rings (SSSR count). The number of aromatic nitrogens is 5. The lowest BCUT2D eigenvalue weighted by atomic mass is 10.1. The first kappa shape index (κ1) is 20.4. The van der Waals surface area contributed by atoms with Crippen LogP contribution in [0.1, 0.15) is 59.2 Å². The predicted molar refractivity (Wildman–Crippen MR) is 133 cm³/mol. The number of aromatic amines is 1. The van der Waals surface area contributed by atoms with Gasteiger partial charge in [0.2, 0.25) is 0 Å². The number of fused-ring (bicyclic) bond motifs is 4. The van der Waals surface area contributed by atoms with Crippen LogP contribution in [0.3, 0.4) is 0 Å². The topological polar surface area (TPSA) is 104 Å². The van der Waals surface area contributed by atoms with Gasteiger partial charge in [0.15, 0.2) is 10.9 Å². The van der Waals surface area contributed by atoms with Crippen LogP contribution in [0.4, 0.5) is 10.9 Å². The molecular weight excluding hydrogens is 448 g/mol. The van der Waals surface area contributed by atoms with E-state index in [1.54, 1.807) is 17.7 Å². The van der Waals surface area contributed by atoms with Gasteiger partial charge in [0.25, 0.3) is 5.91 Å². The number of hydrogen-bond acceptors (Lipinski definition) is 7. The molecule has 4 aromatic rings. The number of anilines is 2. The van der Waals surface area contributed by atoms with E-state index in [-0.39, 0.29) is 5.91 Å². The normalized spacial score (nSPS) is 17.9. The van der Waals surface area contributed by atoms with Crippen LogP contribution in [0.25, 0.3) is 22.1 Å². The molecule has 34 heavy (non-hydrogen) atoms. The molecule has 3 N–H and O–H groups in total. The number of nitrogens with one attached hydrogen (secondary N) is 3. The molecule has 1 aliphatic heterocycles. The molecule has 0 radical (unpaired) electrons. The van der Waals surface area contributed by atoms with Gasteiger partial charge >= 0.3 is 0 Å². The SMILES string of the molecule is CCn1c(C(=O)N(C2CC2)C2CC2)c(C)c2c3nc[nH]c3c(Nc3nc4c(s3)CNCC4)nc21. The van der Waals surface area contributed by atoms with Crippen molar-refractivity contribution >= 4 is 50.3 Å². The zero-order valence-corrected chi connectivity index (χ0v) is 20.3. The Balaban J connectivity index is 1.37. The smallest absolute Gasteiger partial charge is 0.271 e. The minimum atomic E-state index is 0.153. The number of rotatable bonds is 6. The number of H-pyrrole nitrogens is 1. The first-order valence-electron chi connectivity index (χ1n) is 12.3. The fourth-order valence-corrected chi connectivity index (χ4v) is 6.34. The lowest BCUT2D eigenvalue weighted by Gasteiger charge is -2.23. The molecule has 0 saturated heterocycles. The number of hydrogen-bond donors (Lipinski definition) is 3. The van der Waals surface area contributed by atoms with E-state index in [4.69, 9.17) is 9.97 Å². The Bertz CT molecular complexity index is 1410. The maximum absolute atomic E-state index is 13.9. The van der Waals surface area contributed by atoms with Gasteiger partial charge in [-0.15, -0.1) is 11.3 Å². The average Bonchev–Trinajstić information content (AvgIpc) is 3.73. The second kappa shape index (κ2) is 7.51. The van der Waals surface area contributed by atoms with Gasteiger partial charge in [-0.1, -0.05) is 0 Å². The Morgan fingerprint density at radius 3 is 2.76 bits per heavy atom. The quantitative estimate of drug-likeness (QED) is 0.391. The number of carbonyl (C=O) groups excluding carboxylic acids is 1. The molecule has 3 aliphatic rings. The Hall–Kier alpha value is -2.98. The van der Waals surface area contributed by atoms with Gasteiger partial charge in [0, 0.05) is 43.0 Å². The first-order chi connectivity index (χ1) is 16.6. The van der Waals surface area contributed by atoms with Crippen molar-refractivity contribution < 1.29 is 4.79 Å². The van der Waals surface area contributed by atoms with Crippen molar-refractivity contribution in [1.29, 1.82) is 0 Å². The molecule has 0 bridgehead atoms. The van der Waals surface area contributed by atoms with Crippen molar-refractivity contribution in [3.05, 3.63) is 28.2 Å². The molecule has 4 aromatic heterocycles. The number of carbonyl (C=O) groups is 1. The van der Waals surface area contributed by atoms with E-state index in [0.717, 1.165) is 89.3 Å². The Morgan fingerprint density at radius 2 is 2.06 bits per heavy atom. The molecule has 0 atom stereocenters. The molecule has 9 nitrogen and oxygen atoms in total. The summed E-state index contributed by atoms with van der Waals surface area (Å²) < 4.78 is 2.08. The van der Waals surface area contributed by atoms with Crippen molar-refractivity contribution in [3.63, 3.8) is 0 Å². The third kappa shape index (κ3) is 3.08. The van der Waals surface area contributed by atoms with Gasteiger partial charge < -0.3 is 25.1 Å². The number of thiazole rings is 1. The van der Waals surface area contributed by atoms with E-state index in [1.165, 1.54) is 4.88 Å². The fourth-order valence-electron chi connectivity index (χ4n) is 5.37. The summed E-state index contributed by atoms with van der Waals surface area (Å²) in [6, 6.07) is 0.812. The van der Waals surface area contributed by atoms with Crippen molar-refractivity contribution in [2.24, 2.45) is 0 Å². The number of aryl methyl sites for hydroxylation is 2. The highest BCUT2D eigenvalue weighted by Crippen LogP contribution is 2.41. The Morgan fingerprint density at radius 1 is 1.26 bits per heavy atom. The Kier molecular flexibility index (Phi) is 4.51. The van der Waals surface area contributed by atoms with Crippen molar-refractivity contribution in [3.8, 4) is 0 Å². The van der Waals surface area contributed by atoms with Gasteiger partial charge in [0.1, 0.15) is 22.4 Å². The molecule has 2 fully saturated rings. The lowest BCUT2D eigenvalue weighted by molar-refractivity contribution is 0.0718. The second-order valence-corrected chi connectivity index (χ2v) is 10.7. The van der Waals surface area contributed by atoms with Crippen molar-refractivity contribution in [1.82, 2.24) is 34.7 Å². The molecule has 2 aliphatic carbocycles. The summed E-state index contributed by atoms with van der Waals surface area (Å²) in [5.41, 5.74) is 5.39. The Labute approximate surface area is 201 Å². The molecule has 0 spiro atoms. The zero-order chi connectivity index (χ0) is 23.0. The summed E-state index contributed by atoms with van der Waals surface area (Å²) in [5.74, 6) is 0.854. The van der Waals surface area contributed by atoms with E-state index in [9.17, 15) is 4.79 Å². The van der Waals surface area contributed by atoms with Crippen LogP contribution in [0.15, 0.2) is 6.33 Å². The highest BCUT2D eigenvalue weighted by molar-refractivity contribution is 7.15. The second-order valence-electron chi connectivity index (χ2n) is 9.62. The summed E-state index contributed by atoms with van der Waals surface area (Å²) >= 11 is 1.67. The summed E-state index contributed by atoms with van der Waals surface area (Å²) in [7, 11) is 0. The maximum atomic E-state index is 13.9. The third-order valence-electron chi connectivity index (χ3n) is 7.27. The van der Waals surface area contributed by atoms with Crippen LogP contribution in [0.5, 0.6) is 0 Å². The van der Waals surface area contributed by atoms with Crippen LogP contribution in [0.2, 0.25) is 0 Å². The molecule has 10 heteroatoms. The van der Waals surface area contributed by atoms with Crippen molar-refractivity contribution in [2.45, 2.75) is 71.1 Å². The first-order valence-corrected chi connectivity index (χ1v) is 13.1. The van der Waals surface area contributed by atoms with Crippen LogP contribution < -0.4 is 10.6 Å². The maximum Gasteiger partial charge on any atom is 0.271 e. The molecule has 0 aromatic carbocycles. The number of pyridine rings is 1. The van der Waals surface area contributed by atoms with E-state index in [2.05, 4.69) is 37.0 Å². The molecule has 0 unspecified atom stereocenters. The predicted octanol–water partition coefficient (Wildman–Crippen LogP) is 3.85. The molecule has 2 saturated carbocycles. The molecule has 5 heterocycles. The highest BCUT2D eigenvalue weighted by atomic mass is 32.1. The number of imidazole rings is 1. The summed E-state index contributed by atoms with van der Waals surface area (Å²) in [5, 5.41) is 8.67. The standard InChI is InChI=1S/C24H28N8OS/c1-3-31-20(23(33)32(13-4-5-13)14-6-7-14)12(2)17-18-19(27-11-26-18)21(29-22(17)31)30-24-28-15-8-9-25-10-16(15)34-24/h11,13-14,25H,3-10H2,1-2H3,(H,26,27)(H,28,29,30). The summed E-state index contributed by atoms with van der Waals surface area (Å²) in [6.45, 7) is 6.63. The van der Waals surface area contributed by atoms with Crippen molar-refractivity contribution in [2.75, 3.05) is 11.9 Å². The fraction of sp³-hybridized carbons (Fsp3) is 0.500. The van der Waals surface area contributed by atoms with E-state index < -0.39 is 0 Å². The monoisotopic (exact) mass is 476 g/mol. The third-order valence-corrected chi connectivity index (χ3v) is 8.28. The van der Waals surface area contributed by atoms with Gasteiger partial charge in [0.05, 0.1) is 17.4 Å². The van der Waals surface area contributed by atoms with E-state index >= 15 is 0 Å². The number of amides is 1. The van der Waals surface area contributed by atoms with Gasteiger partial charge in [-0.25, -0.2) is 15.0 Å². The van der Waals surface area contributed by atoms with Gasteiger partial charge in [-0.3, -0.25) is 4.79 Å². The lowest BCUT2D eigenvalue weighted by Crippen LogP contribution is -2.36.